The number of amides is 1. The molecule has 0 rings (SSSR count). The van der Waals surface area contributed by atoms with Crippen molar-refractivity contribution in [1.29, 1.82) is 0 Å². The van der Waals surface area contributed by atoms with E-state index in [4.69, 9.17) is 5.73 Å². The van der Waals surface area contributed by atoms with E-state index < -0.39 is 0 Å². The molecule has 0 aliphatic carbocycles. The molecule has 0 aliphatic rings. The standard InChI is InChI=1S/C8H13N2O.2H2O.2Y/c1-3-5-10(6-4-2)8(11)7-9;;;;/h3-4,9H,1-2,5-7H2;2*1H2;;/q-1;;;;. The van der Waals surface area contributed by atoms with Gasteiger partial charge in [-0.15, -0.1) is 13.2 Å². The van der Waals surface area contributed by atoms with Gasteiger partial charge in [-0.3, -0.25) is 4.79 Å². The quantitative estimate of drug-likeness (QED) is 0.605. The fourth-order valence-corrected chi connectivity index (χ4v) is 0.702. The summed E-state index contributed by atoms with van der Waals surface area (Å²) < 4.78 is 0. The van der Waals surface area contributed by atoms with Crippen molar-refractivity contribution in [2.45, 2.75) is 0 Å². The Morgan fingerprint density at radius 3 is 1.67 bits per heavy atom. The molecule has 0 atom stereocenters. The van der Waals surface area contributed by atoms with Gasteiger partial charge in [-0.05, 0) is 0 Å². The molecule has 0 saturated heterocycles. The molecule has 15 heavy (non-hydrogen) atoms. The van der Waals surface area contributed by atoms with Gasteiger partial charge in [-0.25, -0.2) is 0 Å². The Bertz CT molecular complexity index is 158. The SMILES string of the molecule is C=CCN(CC=C)C(=O)C[NH-].O.O.[Y].[Y]. The summed E-state index contributed by atoms with van der Waals surface area (Å²) in [6.45, 7) is 7.79. The zero-order valence-corrected chi connectivity index (χ0v) is 14.4. The average Bonchev–Trinajstić information content (AvgIpc) is 2.03. The van der Waals surface area contributed by atoms with Crippen molar-refractivity contribution in [3.63, 3.8) is 0 Å². The van der Waals surface area contributed by atoms with Crippen molar-refractivity contribution in [3.8, 4) is 0 Å². The fraction of sp³-hybridized carbons (Fsp3) is 0.375. The second kappa shape index (κ2) is 20.4. The summed E-state index contributed by atoms with van der Waals surface area (Å²) >= 11 is 0. The van der Waals surface area contributed by atoms with E-state index in [0.29, 0.717) is 13.1 Å². The van der Waals surface area contributed by atoms with Crippen molar-refractivity contribution in [2.24, 2.45) is 0 Å². The summed E-state index contributed by atoms with van der Waals surface area (Å²) in [7, 11) is 0. The molecule has 1 amide bonds. The monoisotopic (exact) mass is 367 g/mol. The van der Waals surface area contributed by atoms with Gasteiger partial charge in [0.05, 0.1) is 0 Å². The molecule has 7 heteroatoms. The largest absolute Gasteiger partial charge is 0.670 e. The first-order valence-corrected chi connectivity index (χ1v) is 3.40. The molecule has 2 radical (unpaired) electrons. The van der Waals surface area contributed by atoms with Crippen LogP contribution in [0.1, 0.15) is 0 Å². The number of nitrogens with one attached hydrogen (secondary N) is 1. The van der Waals surface area contributed by atoms with Crippen LogP contribution in [0.25, 0.3) is 5.73 Å². The molecule has 0 heterocycles. The van der Waals surface area contributed by atoms with E-state index in [0.717, 1.165) is 0 Å². The smallest absolute Gasteiger partial charge is 0.202 e. The predicted molar refractivity (Wildman–Crippen MR) is 53.4 cm³/mol. The Labute approximate surface area is 141 Å². The summed E-state index contributed by atoms with van der Waals surface area (Å²) in [5, 5.41) is 0. The molecule has 0 aliphatic heterocycles. The molecule has 0 unspecified atom stereocenters. The molecule has 0 aromatic carbocycles. The van der Waals surface area contributed by atoms with Gasteiger partial charge in [0.1, 0.15) is 0 Å². The Morgan fingerprint density at radius 1 is 1.13 bits per heavy atom. The summed E-state index contributed by atoms with van der Waals surface area (Å²) in [5.41, 5.74) is 6.84. The number of carbonyl (C=O) groups excluding carboxylic acids is 1. The van der Waals surface area contributed by atoms with Crippen LogP contribution < -0.4 is 0 Å². The van der Waals surface area contributed by atoms with Crippen LogP contribution >= 0.6 is 0 Å². The summed E-state index contributed by atoms with van der Waals surface area (Å²) in [6, 6.07) is 0. The second-order valence-corrected chi connectivity index (χ2v) is 2.05. The molecule has 0 aromatic rings. The van der Waals surface area contributed by atoms with Crippen molar-refractivity contribution in [2.75, 3.05) is 19.6 Å². The topological polar surface area (TPSA) is 107 Å². The van der Waals surface area contributed by atoms with Crippen molar-refractivity contribution < 1.29 is 81.2 Å². The minimum Gasteiger partial charge on any atom is -0.670 e. The Morgan fingerprint density at radius 2 is 1.47 bits per heavy atom. The van der Waals surface area contributed by atoms with Gasteiger partial charge >= 0.3 is 0 Å². The van der Waals surface area contributed by atoms with Crippen LogP contribution in [0.2, 0.25) is 0 Å². The summed E-state index contributed by atoms with van der Waals surface area (Å²) in [6.07, 6.45) is 3.27. The van der Waals surface area contributed by atoms with E-state index in [2.05, 4.69) is 13.2 Å². The van der Waals surface area contributed by atoms with Crippen LogP contribution in [0.15, 0.2) is 25.3 Å². The molecule has 0 aromatic heterocycles. The zero-order chi connectivity index (χ0) is 8.69. The molecule has 0 fully saturated rings. The van der Waals surface area contributed by atoms with E-state index in [-0.39, 0.29) is 88.8 Å². The minimum absolute atomic E-state index is 0. The van der Waals surface area contributed by atoms with Crippen molar-refractivity contribution in [3.05, 3.63) is 31.0 Å². The minimum atomic E-state index is -0.207. The predicted octanol–water partition coefficient (Wildman–Crippen LogP) is -0.415. The van der Waals surface area contributed by atoms with Crippen LogP contribution in [0, 0.1) is 0 Å². The molecular formula is C8H17N2O3Y2-. The molecule has 0 saturated carbocycles. The Balaban J connectivity index is -0.0000000833. The number of nitrogens with zero attached hydrogens (tertiary/aromatic N) is 1. The van der Waals surface area contributed by atoms with Gasteiger partial charge in [0, 0.05) is 78.5 Å². The van der Waals surface area contributed by atoms with Gasteiger partial charge in [0.25, 0.3) is 0 Å². The van der Waals surface area contributed by atoms with Crippen molar-refractivity contribution in [1.82, 2.24) is 4.90 Å². The maximum atomic E-state index is 10.9. The third-order valence-corrected chi connectivity index (χ3v) is 1.20. The maximum Gasteiger partial charge on any atom is 0.202 e. The van der Waals surface area contributed by atoms with Crippen LogP contribution in [-0.4, -0.2) is 41.4 Å². The normalized spacial score (nSPS) is 6.47. The average molecular weight is 367 g/mol. The second-order valence-electron chi connectivity index (χ2n) is 2.05. The van der Waals surface area contributed by atoms with Crippen LogP contribution in [0.4, 0.5) is 0 Å². The molecule has 0 bridgehead atoms. The van der Waals surface area contributed by atoms with E-state index in [1.807, 2.05) is 0 Å². The van der Waals surface area contributed by atoms with Gasteiger partial charge in [0.15, 0.2) is 0 Å². The fourth-order valence-electron chi connectivity index (χ4n) is 0.702. The molecule has 84 valence electrons. The van der Waals surface area contributed by atoms with E-state index in [9.17, 15) is 4.79 Å². The van der Waals surface area contributed by atoms with Gasteiger partial charge < -0.3 is 21.6 Å². The van der Waals surface area contributed by atoms with Crippen LogP contribution in [0.5, 0.6) is 0 Å². The first-order valence-electron chi connectivity index (χ1n) is 3.40. The van der Waals surface area contributed by atoms with E-state index >= 15 is 0 Å². The number of hydrogen-bond donors (Lipinski definition) is 0. The number of rotatable bonds is 5. The van der Waals surface area contributed by atoms with Crippen molar-refractivity contribution >= 4 is 5.91 Å². The third kappa shape index (κ3) is 15.0. The third-order valence-electron chi connectivity index (χ3n) is 1.20. The summed E-state index contributed by atoms with van der Waals surface area (Å²) in [5.74, 6) is -0.190. The van der Waals surface area contributed by atoms with Crippen LogP contribution in [0.3, 0.4) is 0 Å². The van der Waals surface area contributed by atoms with Gasteiger partial charge in [-0.2, -0.15) is 0 Å². The van der Waals surface area contributed by atoms with Gasteiger partial charge in [-0.1, -0.05) is 18.7 Å². The molecule has 5 N–H and O–H groups in total. The molecule has 5 nitrogen and oxygen atoms in total. The van der Waals surface area contributed by atoms with Gasteiger partial charge in [0.2, 0.25) is 5.91 Å². The van der Waals surface area contributed by atoms with E-state index in [1.54, 1.807) is 12.2 Å². The number of carbonyl (C=O) groups is 1. The maximum absolute atomic E-state index is 10.9. The molecule has 0 spiro atoms. The Hall–Kier alpha value is 1.04. The summed E-state index contributed by atoms with van der Waals surface area (Å²) in [4.78, 5) is 12.5. The Kier molecular flexibility index (Phi) is 40.6. The first kappa shape index (κ1) is 29.8. The first-order chi connectivity index (χ1) is 5.26. The zero-order valence-electron chi connectivity index (χ0n) is 8.70. The number of hydrogen-bond acceptors (Lipinski definition) is 1. The van der Waals surface area contributed by atoms with Crippen LogP contribution in [-0.2, 0) is 70.2 Å². The van der Waals surface area contributed by atoms with E-state index in [1.165, 1.54) is 4.90 Å². The molecular weight excluding hydrogens is 350 g/mol.